The molecule has 0 saturated carbocycles. The molecule has 1 atom stereocenters. The molecule has 1 amide bonds. The zero-order chi connectivity index (χ0) is 14.4. The summed E-state index contributed by atoms with van der Waals surface area (Å²) in [4.78, 5) is 11.5. The van der Waals surface area contributed by atoms with Gasteiger partial charge in [-0.05, 0) is 31.0 Å². The van der Waals surface area contributed by atoms with Gasteiger partial charge in [-0.25, -0.2) is 4.68 Å². The van der Waals surface area contributed by atoms with Crippen molar-refractivity contribution in [1.82, 2.24) is 15.1 Å². The number of nitrogens with one attached hydrogen (secondary N) is 1. The Hall–Kier alpha value is -2.14. The zero-order valence-electron chi connectivity index (χ0n) is 11.7. The number of ether oxygens (including phenoxy) is 1. The number of rotatable bonds is 6. The fraction of sp³-hybridized carbons (Fsp3) is 0.333. The second-order valence-corrected chi connectivity index (χ2v) is 4.55. The van der Waals surface area contributed by atoms with Gasteiger partial charge in [-0.15, -0.1) is 0 Å². The maximum atomic E-state index is 11.5. The maximum Gasteiger partial charge on any atom is 0.248 e. The Morgan fingerprint density at radius 1 is 1.40 bits per heavy atom. The molecule has 0 saturated heterocycles. The molecule has 5 heteroatoms. The summed E-state index contributed by atoms with van der Waals surface area (Å²) < 4.78 is 6.78. The number of methoxy groups -OCH3 is 1. The summed E-state index contributed by atoms with van der Waals surface area (Å²) in [5.41, 5.74) is 2.11. The Labute approximate surface area is 118 Å². The molecule has 5 nitrogen and oxygen atoms in total. The zero-order valence-corrected chi connectivity index (χ0v) is 11.7. The van der Waals surface area contributed by atoms with E-state index < -0.39 is 6.10 Å². The molecule has 106 valence electrons. The molecule has 1 aromatic carbocycles. The number of benzene rings is 1. The van der Waals surface area contributed by atoms with Gasteiger partial charge in [0.15, 0.2) is 0 Å². The van der Waals surface area contributed by atoms with Gasteiger partial charge in [0.25, 0.3) is 0 Å². The highest BCUT2D eigenvalue weighted by Gasteiger charge is 2.10. The Morgan fingerprint density at radius 2 is 2.15 bits per heavy atom. The van der Waals surface area contributed by atoms with E-state index in [9.17, 15) is 4.79 Å². The number of hydrogen-bond donors (Lipinski definition) is 1. The van der Waals surface area contributed by atoms with Gasteiger partial charge in [-0.2, -0.15) is 5.10 Å². The van der Waals surface area contributed by atoms with E-state index in [2.05, 4.69) is 10.4 Å². The standard InChI is InChI=1S/C15H19N3O2/c1-12(20-2)15(19)16-9-8-13-10-17-18(11-13)14-6-4-3-5-7-14/h3-7,10-12H,8-9H2,1-2H3,(H,16,19)/t12-/m0/s1. The molecule has 1 N–H and O–H groups in total. The highest BCUT2D eigenvalue weighted by atomic mass is 16.5. The maximum absolute atomic E-state index is 11.5. The summed E-state index contributed by atoms with van der Waals surface area (Å²) in [6.07, 6.45) is 4.12. The van der Waals surface area contributed by atoms with Crippen LogP contribution in [0.4, 0.5) is 0 Å². The van der Waals surface area contributed by atoms with Gasteiger partial charge in [-0.3, -0.25) is 4.79 Å². The van der Waals surface area contributed by atoms with Crippen LogP contribution in [0.2, 0.25) is 0 Å². The number of aromatic nitrogens is 2. The van der Waals surface area contributed by atoms with Crippen molar-refractivity contribution in [2.75, 3.05) is 13.7 Å². The van der Waals surface area contributed by atoms with Crippen LogP contribution in [-0.4, -0.2) is 35.4 Å². The molecule has 0 unspecified atom stereocenters. The first-order chi connectivity index (χ1) is 9.70. The lowest BCUT2D eigenvalue weighted by molar-refractivity contribution is -0.129. The lowest BCUT2D eigenvalue weighted by Crippen LogP contribution is -2.35. The summed E-state index contributed by atoms with van der Waals surface area (Å²) in [6.45, 7) is 2.30. The first-order valence-corrected chi connectivity index (χ1v) is 6.60. The molecular formula is C15H19N3O2. The van der Waals surface area contributed by atoms with Crippen LogP contribution in [0.25, 0.3) is 5.69 Å². The first kappa shape index (κ1) is 14.3. The topological polar surface area (TPSA) is 56.1 Å². The van der Waals surface area contributed by atoms with Crippen LogP contribution in [-0.2, 0) is 16.0 Å². The monoisotopic (exact) mass is 273 g/mol. The second kappa shape index (κ2) is 6.86. The van der Waals surface area contributed by atoms with Gasteiger partial charge >= 0.3 is 0 Å². The van der Waals surface area contributed by atoms with E-state index in [4.69, 9.17) is 4.74 Å². The molecule has 2 aromatic rings. The molecule has 1 aromatic heterocycles. The molecule has 20 heavy (non-hydrogen) atoms. The molecule has 2 rings (SSSR count). The van der Waals surface area contributed by atoms with E-state index in [1.807, 2.05) is 47.4 Å². The Balaban J connectivity index is 1.86. The van der Waals surface area contributed by atoms with Crippen molar-refractivity contribution in [2.24, 2.45) is 0 Å². The van der Waals surface area contributed by atoms with Crippen LogP contribution >= 0.6 is 0 Å². The van der Waals surface area contributed by atoms with E-state index in [1.54, 1.807) is 6.92 Å². The highest BCUT2D eigenvalue weighted by Crippen LogP contribution is 2.07. The minimum Gasteiger partial charge on any atom is -0.372 e. The van der Waals surface area contributed by atoms with E-state index in [1.165, 1.54) is 7.11 Å². The minimum atomic E-state index is -0.415. The SMILES string of the molecule is CO[C@@H](C)C(=O)NCCc1cnn(-c2ccccc2)c1. The van der Waals surface area contributed by atoms with Gasteiger partial charge in [0.2, 0.25) is 5.91 Å². The molecule has 0 aliphatic carbocycles. The average Bonchev–Trinajstić information content (AvgIpc) is 2.96. The number of carbonyl (C=O) groups excluding carboxylic acids is 1. The number of nitrogens with zero attached hydrogens (tertiary/aromatic N) is 2. The van der Waals surface area contributed by atoms with Crippen LogP contribution < -0.4 is 5.32 Å². The number of para-hydroxylation sites is 1. The molecule has 0 aliphatic heterocycles. The van der Waals surface area contributed by atoms with Crippen LogP contribution in [0, 0.1) is 0 Å². The molecule has 0 fully saturated rings. The van der Waals surface area contributed by atoms with Gasteiger partial charge < -0.3 is 10.1 Å². The van der Waals surface area contributed by atoms with Crippen LogP contribution in [0.1, 0.15) is 12.5 Å². The number of amides is 1. The molecule has 0 radical (unpaired) electrons. The quantitative estimate of drug-likeness (QED) is 0.869. The van der Waals surface area contributed by atoms with Gasteiger partial charge in [0.1, 0.15) is 6.10 Å². The Morgan fingerprint density at radius 3 is 2.85 bits per heavy atom. The summed E-state index contributed by atoms with van der Waals surface area (Å²) >= 11 is 0. The predicted octanol–water partition coefficient (Wildman–Crippen LogP) is 1.57. The fourth-order valence-electron chi connectivity index (χ4n) is 1.79. The Bertz CT molecular complexity index is 551. The largest absolute Gasteiger partial charge is 0.372 e. The normalized spacial score (nSPS) is 12.1. The fourth-order valence-corrected chi connectivity index (χ4v) is 1.79. The van der Waals surface area contributed by atoms with Crippen LogP contribution in [0.3, 0.4) is 0 Å². The molecule has 1 heterocycles. The van der Waals surface area contributed by atoms with Crippen LogP contribution in [0.5, 0.6) is 0 Å². The molecule has 0 spiro atoms. The van der Waals surface area contributed by atoms with Gasteiger partial charge in [0, 0.05) is 19.9 Å². The van der Waals surface area contributed by atoms with Crippen LogP contribution in [0.15, 0.2) is 42.7 Å². The first-order valence-electron chi connectivity index (χ1n) is 6.60. The summed E-state index contributed by atoms with van der Waals surface area (Å²) in [5, 5.41) is 7.14. The summed E-state index contributed by atoms with van der Waals surface area (Å²) in [6, 6.07) is 9.92. The van der Waals surface area contributed by atoms with Crippen molar-refractivity contribution < 1.29 is 9.53 Å². The lowest BCUT2D eigenvalue weighted by atomic mass is 10.2. The molecule has 0 aliphatic rings. The van der Waals surface area contributed by atoms with E-state index in [0.717, 1.165) is 17.7 Å². The number of hydrogen-bond acceptors (Lipinski definition) is 3. The highest BCUT2D eigenvalue weighted by molar-refractivity contribution is 5.80. The van der Waals surface area contributed by atoms with Crippen molar-refractivity contribution in [3.8, 4) is 5.69 Å². The lowest BCUT2D eigenvalue weighted by Gasteiger charge is -2.09. The van der Waals surface area contributed by atoms with Crippen molar-refractivity contribution >= 4 is 5.91 Å². The van der Waals surface area contributed by atoms with E-state index in [0.29, 0.717) is 6.54 Å². The van der Waals surface area contributed by atoms with Crippen molar-refractivity contribution in [2.45, 2.75) is 19.4 Å². The molecular weight excluding hydrogens is 254 g/mol. The predicted molar refractivity (Wildman–Crippen MR) is 76.7 cm³/mol. The second-order valence-electron chi connectivity index (χ2n) is 4.55. The third-order valence-corrected chi connectivity index (χ3v) is 3.09. The molecule has 0 bridgehead atoms. The van der Waals surface area contributed by atoms with Gasteiger partial charge in [-0.1, -0.05) is 18.2 Å². The van der Waals surface area contributed by atoms with E-state index in [-0.39, 0.29) is 5.91 Å². The van der Waals surface area contributed by atoms with Crippen molar-refractivity contribution in [3.05, 3.63) is 48.3 Å². The number of carbonyl (C=O) groups is 1. The summed E-state index contributed by atoms with van der Waals surface area (Å²) in [5.74, 6) is -0.0945. The minimum absolute atomic E-state index is 0.0945. The third-order valence-electron chi connectivity index (χ3n) is 3.09. The van der Waals surface area contributed by atoms with Crippen molar-refractivity contribution in [1.29, 1.82) is 0 Å². The smallest absolute Gasteiger partial charge is 0.248 e. The van der Waals surface area contributed by atoms with E-state index >= 15 is 0 Å². The van der Waals surface area contributed by atoms with Crippen molar-refractivity contribution in [3.63, 3.8) is 0 Å². The Kier molecular flexibility index (Phi) is 4.90. The average molecular weight is 273 g/mol. The summed E-state index contributed by atoms with van der Waals surface area (Å²) in [7, 11) is 1.52. The van der Waals surface area contributed by atoms with Gasteiger partial charge in [0.05, 0.1) is 11.9 Å². The third kappa shape index (κ3) is 3.68.